The summed E-state index contributed by atoms with van der Waals surface area (Å²) in [5.41, 5.74) is 0.519. The predicted molar refractivity (Wildman–Crippen MR) is 84.1 cm³/mol. The number of aromatic nitrogens is 2. The molecule has 1 atom stereocenters. The molecule has 0 saturated carbocycles. The first-order valence-corrected chi connectivity index (χ1v) is 8.67. The molecule has 5 nitrogen and oxygen atoms in total. The molecule has 7 heteroatoms. The second-order valence-corrected chi connectivity index (χ2v) is 7.91. The molecule has 0 aliphatic rings. The molecule has 0 radical (unpaired) electrons. The van der Waals surface area contributed by atoms with E-state index in [0.717, 1.165) is 6.42 Å². The van der Waals surface area contributed by atoms with Gasteiger partial charge in [0.05, 0.1) is 0 Å². The maximum Gasteiger partial charge on any atom is 0.262 e. The highest BCUT2D eigenvalue weighted by Gasteiger charge is 2.31. The van der Waals surface area contributed by atoms with Gasteiger partial charge in [0.25, 0.3) is 10.0 Å². The van der Waals surface area contributed by atoms with E-state index in [1.165, 1.54) is 8.71 Å². The standard InChI is InChI=1S/C14H20ClN3O2S/c1-10(2)9-11(3)17(4)21(19,20)14-13(15)16-12-7-5-6-8-18(12)14/h5-8,10-11H,9H2,1-4H3. The molecule has 0 bridgehead atoms. The Hall–Kier alpha value is -1.11. The van der Waals surface area contributed by atoms with Gasteiger partial charge in [-0.2, -0.15) is 4.31 Å². The highest BCUT2D eigenvalue weighted by molar-refractivity contribution is 7.89. The quantitative estimate of drug-likeness (QED) is 0.847. The first-order chi connectivity index (χ1) is 9.75. The molecule has 0 aliphatic carbocycles. The maximum atomic E-state index is 12.8. The second-order valence-electron chi connectivity index (χ2n) is 5.64. The molecule has 0 aliphatic heterocycles. The van der Waals surface area contributed by atoms with Gasteiger partial charge in [0.2, 0.25) is 0 Å². The van der Waals surface area contributed by atoms with Crippen molar-refractivity contribution in [1.82, 2.24) is 13.7 Å². The summed E-state index contributed by atoms with van der Waals surface area (Å²) in [4.78, 5) is 4.10. The molecular weight excluding hydrogens is 310 g/mol. The van der Waals surface area contributed by atoms with E-state index in [1.54, 1.807) is 31.4 Å². The zero-order valence-corrected chi connectivity index (χ0v) is 14.2. The first-order valence-electron chi connectivity index (χ1n) is 6.85. The summed E-state index contributed by atoms with van der Waals surface area (Å²) in [5, 5.41) is 0.0302. The lowest BCUT2D eigenvalue weighted by Crippen LogP contribution is -2.36. The lowest BCUT2D eigenvalue weighted by Gasteiger charge is -2.25. The van der Waals surface area contributed by atoms with Crippen LogP contribution in [0.25, 0.3) is 5.65 Å². The van der Waals surface area contributed by atoms with Gasteiger partial charge in [-0.15, -0.1) is 0 Å². The number of halogens is 1. The average molecular weight is 330 g/mol. The number of rotatable bonds is 5. The van der Waals surface area contributed by atoms with Crippen molar-refractivity contribution in [3.8, 4) is 0 Å². The number of nitrogens with zero attached hydrogens (tertiary/aromatic N) is 3. The van der Waals surface area contributed by atoms with E-state index < -0.39 is 10.0 Å². The third-order valence-corrected chi connectivity index (χ3v) is 5.88. The van der Waals surface area contributed by atoms with E-state index >= 15 is 0 Å². The Morgan fingerprint density at radius 3 is 2.62 bits per heavy atom. The molecule has 0 N–H and O–H groups in total. The van der Waals surface area contributed by atoms with Crippen molar-refractivity contribution in [2.45, 2.75) is 38.3 Å². The van der Waals surface area contributed by atoms with Gasteiger partial charge in [-0.3, -0.25) is 4.40 Å². The zero-order valence-electron chi connectivity index (χ0n) is 12.6. The Morgan fingerprint density at radius 2 is 2.00 bits per heavy atom. The SMILES string of the molecule is CC(C)CC(C)N(C)S(=O)(=O)c1c(Cl)nc2ccccn12. The Balaban J connectivity index is 2.49. The second kappa shape index (κ2) is 5.94. The number of imidazole rings is 1. The van der Waals surface area contributed by atoms with Crippen LogP contribution in [0.5, 0.6) is 0 Å². The minimum atomic E-state index is -3.70. The maximum absolute atomic E-state index is 12.8. The fourth-order valence-electron chi connectivity index (χ4n) is 2.38. The van der Waals surface area contributed by atoms with Crippen LogP contribution in [0.3, 0.4) is 0 Å². The van der Waals surface area contributed by atoms with Crippen molar-refractivity contribution >= 4 is 27.3 Å². The van der Waals surface area contributed by atoms with E-state index in [4.69, 9.17) is 11.6 Å². The fraction of sp³-hybridized carbons (Fsp3) is 0.500. The third-order valence-electron chi connectivity index (χ3n) is 3.50. The molecule has 0 fully saturated rings. The minimum Gasteiger partial charge on any atom is -0.288 e. The van der Waals surface area contributed by atoms with Gasteiger partial charge in [0.15, 0.2) is 10.2 Å². The van der Waals surface area contributed by atoms with Gasteiger partial charge in [-0.05, 0) is 31.4 Å². The average Bonchev–Trinajstić information content (AvgIpc) is 2.73. The molecule has 0 amide bonds. The number of fused-ring (bicyclic) bond motifs is 1. The molecular formula is C14H20ClN3O2S. The van der Waals surface area contributed by atoms with Crippen LogP contribution in [0.2, 0.25) is 5.15 Å². The van der Waals surface area contributed by atoms with E-state index in [-0.39, 0.29) is 16.2 Å². The van der Waals surface area contributed by atoms with Crippen LogP contribution in [0.15, 0.2) is 29.4 Å². The molecule has 0 spiro atoms. The van der Waals surface area contributed by atoms with Gasteiger partial charge in [-0.25, -0.2) is 13.4 Å². The molecule has 1 unspecified atom stereocenters. The summed E-state index contributed by atoms with van der Waals surface area (Å²) in [7, 11) is -2.11. The molecule has 2 aromatic heterocycles. The van der Waals surface area contributed by atoms with Crippen LogP contribution < -0.4 is 0 Å². The summed E-state index contributed by atoms with van der Waals surface area (Å²) in [5.74, 6) is 0.412. The van der Waals surface area contributed by atoms with E-state index in [2.05, 4.69) is 18.8 Å². The predicted octanol–water partition coefficient (Wildman–Crippen LogP) is 3.04. The Morgan fingerprint density at radius 1 is 1.33 bits per heavy atom. The lowest BCUT2D eigenvalue weighted by atomic mass is 10.1. The van der Waals surface area contributed by atoms with Gasteiger partial charge in [0, 0.05) is 19.3 Å². The lowest BCUT2D eigenvalue weighted by molar-refractivity contribution is 0.336. The molecule has 2 rings (SSSR count). The fourth-order valence-corrected chi connectivity index (χ4v) is 4.34. The largest absolute Gasteiger partial charge is 0.288 e. The third kappa shape index (κ3) is 3.07. The molecule has 2 heterocycles. The molecule has 21 heavy (non-hydrogen) atoms. The normalized spacial score (nSPS) is 14.2. The summed E-state index contributed by atoms with van der Waals surface area (Å²) in [6.07, 6.45) is 2.44. The van der Waals surface area contributed by atoms with Gasteiger partial charge in [0.1, 0.15) is 5.65 Å². The summed E-state index contributed by atoms with van der Waals surface area (Å²) in [6.45, 7) is 6.03. The minimum absolute atomic E-state index is 0.00444. The summed E-state index contributed by atoms with van der Waals surface area (Å²) in [6, 6.07) is 5.16. The number of sulfonamides is 1. The Bertz CT molecular complexity index is 740. The van der Waals surface area contributed by atoms with Crippen LogP contribution in [-0.2, 0) is 10.0 Å². The van der Waals surface area contributed by atoms with Gasteiger partial charge < -0.3 is 0 Å². The smallest absolute Gasteiger partial charge is 0.262 e. The van der Waals surface area contributed by atoms with Crippen molar-refractivity contribution in [1.29, 1.82) is 0 Å². The van der Waals surface area contributed by atoms with Crippen LogP contribution >= 0.6 is 11.6 Å². The zero-order chi connectivity index (χ0) is 15.8. The van der Waals surface area contributed by atoms with Crippen molar-refractivity contribution in [3.05, 3.63) is 29.5 Å². The molecule has 0 aromatic carbocycles. The van der Waals surface area contributed by atoms with Crippen molar-refractivity contribution in [2.75, 3.05) is 7.05 Å². The van der Waals surface area contributed by atoms with Crippen LogP contribution in [0.4, 0.5) is 0 Å². The first kappa shape index (κ1) is 16.3. The van der Waals surface area contributed by atoms with E-state index in [1.807, 2.05) is 6.92 Å². The van der Waals surface area contributed by atoms with E-state index in [9.17, 15) is 8.42 Å². The van der Waals surface area contributed by atoms with Crippen molar-refractivity contribution in [2.24, 2.45) is 5.92 Å². The Labute approximate surface area is 130 Å². The highest BCUT2D eigenvalue weighted by Crippen LogP contribution is 2.27. The number of hydrogen-bond acceptors (Lipinski definition) is 3. The number of hydrogen-bond donors (Lipinski definition) is 0. The highest BCUT2D eigenvalue weighted by atomic mass is 35.5. The van der Waals surface area contributed by atoms with Crippen molar-refractivity contribution in [3.63, 3.8) is 0 Å². The Kier molecular flexibility index (Phi) is 4.60. The molecule has 2 aromatic rings. The van der Waals surface area contributed by atoms with Crippen molar-refractivity contribution < 1.29 is 8.42 Å². The summed E-state index contributed by atoms with van der Waals surface area (Å²) >= 11 is 6.07. The van der Waals surface area contributed by atoms with E-state index in [0.29, 0.717) is 11.6 Å². The van der Waals surface area contributed by atoms with Crippen LogP contribution in [-0.4, -0.2) is 35.2 Å². The molecule has 0 saturated heterocycles. The van der Waals surface area contributed by atoms with Crippen LogP contribution in [0, 0.1) is 5.92 Å². The van der Waals surface area contributed by atoms with Gasteiger partial charge in [-0.1, -0.05) is 31.5 Å². The summed E-state index contributed by atoms with van der Waals surface area (Å²) < 4.78 is 28.5. The van der Waals surface area contributed by atoms with Crippen LogP contribution in [0.1, 0.15) is 27.2 Å². The monoisotopic (exact) mass is 329 g/mol. The number of pyridine rings is 1. The topological polar surface area (TPSA) is 54.7 Å². The van der Waals surface area contributed by atoms with Gasteiger partial charge >= 0.3 is 0 Å². The molecule has 116 valence electrons.